The van der Waals surface area contributed by atoms with Crippen LogP contribution in [0.4, 0.5) is 0 Å². The van der Waals surface area contributed by atoms with Crippen molar-refractivity contribution in [2.24, 2.45) is 11.3 Å². The molecular weight excluding hydrogens is 180 g/mol. The average Bonchev–Trinajstić information content (AvgIpc) is 2.01. The van der Waals surface area contributed by atoms with Crippen molar-refractivity contribution in [1.29, 1.82) is 0 Å². The molecular formula is C11H22O3. The molecule has 0 aliphatic rings. The normalized spacial score (nSPS) is 11.9. The van der Waals surface area contributed by atoms with Gasteiger partial charge in [-0.1, -0.05) is 13.8 Å². The van der Waals surface area contributed by atoms with Crippen LogP contribution in [0.25, 0.3) is 0 Å². The zero-order valence-corrected chi connectivity index (χ0v) is 9.92. The smallest absolute Gasteiger partial charge is 0.298 e. The van der Waals surface area contributed by atoms with Crippen LogP contribution in [0.5, 0.6) is 0 Å². The molecule has 0 spiro atoms. The molecule has 0 aliphatic carbocycles. The summed E-state index contributed by atoms with van der Waals surface area (Å²) in [4.78, 5) is 20.7. The van der Waals surface area contributed by atoms with E-state index in [-0.39, 0.29) is 5.97 Å². The maximum atomic E-state index is 11.2. The molecule has 0 aromatic heterocycles. The van der Waals surface area contributed by atoms with Crippen molar-refractivity contribution >= 4 is 5.97 Å². The molecule has 0 unspecified atom stereocenters. The van der Waals surface area contributed by atoms with Crippen LogP contribution in [-0.2, 0) is 14.6 Å². The van der Waals surface area contributed by atoms with Gasteiger partial charge in [-0.2, -0.15) is 4.89 Å². The lowest BCUT2D eigenvalue weighted by molar-refractivity contribution is -0.279. The Morgan fingerprint density at radius 3 is 2.29 bits per heavy atom. The highest BCUT2D eigenvalue weighted by atomic mass is 17.2. The molecule has 0 N–H and O–H groups in total. The fourth-order valence-corrected chi connectivity index (χ4v) is 0.771. The topological polar surface area (TPSA) is 35.5 Å². The van der Waals surface area contributed by atoms with E-state index in [0.717, 1.165) is 12.8 Å². The average molecular weight is 202 g/mol. The summed E-state index contributed by atoms with van der Waals surface area (Å²) in [7, 11) is 0. The van der Waals surface area contributed by atoms with E-state index in [0.29, 0.717) is 12.5 Å². The van der Waals surface area contributed by atoms with Crippen LogP contribution in [0, 0.1) is 11.3 Å². The lowest BCUT2D eigenvalue weighted by Crippen LogP contribution is -2.23. The van der Waals surface area contributed by atoms with E-state index in [1.807, 2.05) is 0 Å². The Hall–Kier alpha value is -0.570. The lowest BCUT2D eigenvalue weighted by Gasteiger charge is -2.14. The fourth-order valence-electron chi connectivity index (χ4n) is 0.771. The lowest BCUT2D eigenvalue weighted by atomic mass is 9.98. The molecule has 14 heavy (non-hydrogen) atoms. The molecule has 0 heterocycles. The summed E-state index contributed by atoms with van der Waals surface area (Å²) < 4.78 is 0. The van der Waals surface area contributed by atoms with Crippen LogP contribution in [-0.4, -0.2) is 12.6 Å². The van der Waals surface area contributed by atoms with Gasteiger partial charge in [-0.25, -0.2) is 4.79 Å². The summed E-state index contributed by atoms with van der Waals surface area (Å²) in [6.07, 6.45) is 2.02. The molecule has 0 amide bonds. The van der Waals surface area contributed by atoms with Crippen LogP contribution in [0.1, 0.15) is 47.5 Å². The third kappa shape index (κ3) is 6.89. The van der Waals surface area contributed by atoms with Gasteiger partial charge in [0.1, 0.15) is 0 Å². The SMILES string of the molecule is CC(C)CCCOOC(=O)C(C)(C)C. The predicted molar refractivity (Wildman–Crippen MR) is 55.6 cm³/mol. The maximum Gasteiger partial charge on any atom is 0.347 e. The molecule has 0 saturated heterocycles. The molecule has 0 radical (unpaired) electrons. The van der Waals surface area contributed by atoms with Gasteiger partial charge in [-0.3, -0.25) is 4.89 Å². The number of hydrogen-bond acceptors (Lipinski definition) is 3. The van der Waals surface area contributed by atoms with Gasteiger partial charge in [0.05, 0.1) is 12.0 Å². The molecule has 3 heteroatoms. The first-order chi connectivity index (χ1) is 6.34. The number of carbonyl (C=O) groups excluding carboxylic acids is 1. The van der Waals surface area contributed by atoms with Crippen molar-refractivity contribution in [2.45, 2.75) is 47.5 Å². The first kappa shape index (κ1) is 13.4. The zero-order chi connectivity index (χ0) is 11.2. The predicted octanol–water partition coefficient (Wildman–Crippen LogP) is 2.94. The molecule has 0 fully saturated rings. The van der Waals surface area contributed by atoms with Gasteiger partial charge in [-0.15, -0.1) is 0 Å². The van der Waals surface area contributed by atoms with Gasteiger partial charge in [0, 0.05) is 0 Å². The number of hydrogen-bond donors (Lipinski definition) is 0. The summed E-state index contributed by atoms with van der Waals surface area (Å²) in [6.45, 7) is 10.2. The van der Waals surface area contributed by atoms with Crippen molar-refractivity contribution in [1.82, 2.24) is 0 Å². The van der Waals surface area contributed by atoms with E-state index in [9.17, 15) is 4.79 Å². The molecule has 0 saturated carbocycles. The standard InChI is InChI=1S/C11H22O3/c1-9(2)7-6-8-13-14-10(12)11(3,4)5/h9H,6-8H2,1-5H3. The molecule has 0 aromatic carbocycles. The molecule has 0 aliphatic heterocycles. The second kappa shape index (κ2) is 6.02. The molecule has 0 atom stereocenters. The van der Waals surface area contributed by atoms with Gasteiger partial charge in [0.2, 0.25) is 0 Å². The van der Waals surface area contributed by atoms with Crippen molar-refractivity contribution < 1.29 is 14.6 Å². The van der Waals surface area contributed by atoms with Gasteiger partial charge in [0.15, 0.2) is 0 Å². The summed E-state index contributed by atoms with van der Waals surface area (Å²) in [5.74, 6) is 0.346. The Kier molecular flexibility index (Phi) is 5.77. The summed E-state index contributed by atoms with van der Waals surface area (Å²) >= 11 is 0. The van der Waals surface area contributed by atoms with Crippen LogP contribution in [0.15, 0.2) is 0 Å². The van der Waals surface area contributed by atoms with Crippen LogP contribution < -0.4 is 0 Å². The Bertz CT molecular complexity index is 168. The molecule has 0 aromatic rings. The quantitative estimate of drug-likeness (QED) is 0.390. The molecule has 0 bridgehead atoms. The van der Waals surface area contributed by atoms with Crippen molar-refractivity contribution in [3.05, 3.63) is 0 Å². The van der Waals surface area contributed by atoms with E-state index in [4.69, 9.17) is 4.89 Å². The summed E-state index contributed by atoms with van der Waals surface area (Å²) in [5.41, 5.74) is -0.488. The van der Waals surface area contributed by atoms with Crippen LogP contribution in [0.3, 0.4) is 0 Å². The monoisotopic (exact) mass is 202 g/mol. The highest BCUT2D eigenvalue weighted by Gasteiger charge is 2.24. The first-order valence-corrected chi connectivity index (χ1v) is 5.18. The minimum Gasteiger partial charge on any atom is -0.298 e. The molecule has 3 nitrogen and oxygen atoms in total. The molecule has 84 valence electrons. The van der Waals surface area contributed by atoms with Gasteiger partial charge in [-0.05, 0) is 39.5 Å². The van der Waals surface area contributed by atoms with Gasteiger partial charge < -0.3 is 0 Å². The fraction of sp³-hybridized carbons (Fsp3) is 0.909. The minimum absolute atomic E-state index is 0.318. The third-order valence-electron chi connectivity index (χ3n) is 1.76. The second-order valence-electron chi connectivity index (χ2n) is 4.98. The summed E-state index contributed by atoms with van der Waals surface area (Å²) in [6, 6.07) is 0. The minimum atomic E-state index is -0.488. The van der Waals surface area contributed by atoms with Crippen LogP contribution >= 0.6 is 0 Å². The maximum absolute atomic E-state index is 11.2. The first-order valence-electron chi connectivity index (χ1n) is 5.18. The number of carbonyl (C=O) groups is 1. The van der Waals surface area contributed by atoms with Crippen molar-refractivity contribution in [2.75, 3.05) is 6.61 Å². The zero-order valence-electron chi connectivity index (χ0n) is 9.92. The van der Waals surface area contributed by atoms with Gasteiger partial charge >= 0.3 is 5.97 Å². The van der Waals surface area contributed by atoms with Crippen molar-refractivity contribution in [3.63, 3.8) is 0 Å². The highest BCUT2D eigenvalue weighted by molar-refractivity contribution is 5.74. The molecule has 0 rings (SSSR count). The van der Waals surface area contributed by atoms with Gasteiger partial charge in [0.25, 0.3) is 0 Å². The van der Waals surface area contributed by atoms with E-state index in [2.05, 4.69) is 18.7 Å². The highest BCUT2D eigenvalue weighted by Crippen LogP contribution is 2.15. The Morgan fingerprint density at radius 1 is 1.29 bits per heavy atom. The Labute approximate surface area is 86.7 Å². The van der Waals surface area contributed by atoms with E-state index in [1.165, 1.54) is 0 Å². The van der Waals surface area contributed by atoms with Crippen molar-refractivity contribution in [3.8, 4) is 0 Å². The van der Waals surface area contributed by atoms with E-state index < -0.39 is 5.41 Å². The number of rotatable bonds is 5. The van der Waals surface area contributed by atoms with E-state index >= 15 is 0 Å². The Morgan fingerprint density at radius 2 is 1.86 bits per heavy atom. The Balaban J connectivity index is 3.42. The largest absolute Gasteiger partial charge is 0.347 e. The van der Waals surface area contributed by atoms with Crippen LogP contribution in [0.2, 0.25) is 0 Å². The third-order valence-corrected chi connectivity index (χ3v) is 1.76. The second-order valence-corrected chi connectivity index (χ2v) is 4.98. The summed E-state index contributed by atoms with van der Waals surface area (Å²) in [5, 5.41) is 0. The van der Waals surface area contributed by atoms with E-state index in [1.54, 1.807) is 20.8 Å².